The van der Waals surface area contributed by atoms with E-state index in [0.717, 1.165) is 41.0 Å². The van der Waals surface area contributed by atoms with Crippen molar-refractivity contribution in [1.29, 1.82) is 5.26 Å². The zero-order chi connectivity index (χ0) is 24.2. The van der Waals surface area contributed by atoms with Crippen molar-refractivity contribution in [3.8, 4) is 6.07 Å². The van der Waals surface area contributed by atoms with Gasteiger partial charge in [0, 0.05) is 61.6 Å². The minimum absolute atomic E-state index is 0.146. The lowest BCUT2D eigenvalue weighted by molar-refractivity contribution is 0.194. The van der Waals surface area contributed by atoms with E-state index in [0.29, 0.717) is 30.9 Å². The third-order valence-electron chi connectivity index (χ3n) is 6.31. The van der Waals surface area contributed by atoms with Crippen LogP contribution in [0, 0.1) is 11.3 Å². The monoisotopic (exact) mass is 464 g/mol. The second-order valence-electron chi connectivity index (χ2n) is 8.73. The lowest BCUT2D eigenvalue weighted by Gasteiger charge is -2.32. The minimum atomic E-state index is -0.146. The molecule has 0 radical (unpaired) electrons. The Hall–Kier alpha value is -4.39. The summed E-state index contributed by atoms with van der Waals surface area (Å²) in [7, 11) is 2.01. The second-order valence-corrected chi connectivity index (χ2v) is 8.73. The van der Waals surface area contributed by atoms with Crippen LogP contribution in [0.25, 0.3) is 5.65 Å². The zero-order valence-electron chi connectivity index (χ0n) is 19.5. The van der Waals surface area contributed by atoms with Gasteiger partial charge in [0.2, 0.25) is 0 Å². The van der Waals surface area contributed by atoms with Gasteiger partial charge >= 0.3 is 6.03 Å². The van der Waals surface area contributed by atoms with Crippen LogP contribution in [0.5, 0.6) is 0 Å². The van der Waals surface area contributed by atoms with Gasteiger partial charge < -0.3 is 15.5 Å². The topological polar surface area (TPSA) is 111 Å². The highest BCUT2D eigenvalue weighted by molar-refractivity contribution is 6.36. The van der Waals surface area contributed by atoms with Gasteiger partial charge in [0.05, 0.1) is 11.6 Å². The molecule has 174 valence electrons. The van der Waals surface area contributed by atoms with Crippen LogP contribution >= 0.6 is 0 Å². The first-order chi connectivity index (χ1) is 17.1. The summed E-state index contributed by atoms with van der Waals surface area (Å²) in [6.45, 7) is 1.91. The van der Waals surface area contributed by atoms with Crippen LogP contribution in [0.15, 0.2) is 61.1 Å². The predicted molar refractivity (Wildman–Crippen MR) is 136 cm³/mol. The van der Waals surface area contributed by atoms with E-state index in [1.165, 1.54) is 0 Å². The molecule has 1 aromatic carbocycles. The highest BCUT2D eigenvalue weighted by Gasteiger charge is 2.26. The Morgan fingerprint density at radius 1 is 1.17 bits per heavy atom. The Morgan fingerprint density at radius 3 is 2.80 bits per heavy atom. The molecule has 10 heteroatoms. The molecule has 0 aliphatic carbocycles. The Balaban J connectivity index is 1.28. The van der Waals surface area contributed by atoms with Crippen LogP contribution in [0.3, 0.4) is 0 Å². The van der Waals surface area contributed by atoms with E-state index in [4.69, 9.17) is 10.2 Å². The quantitative estimate of drug-likeness (QED) is 0.439. The molecule has 9 nitrogen and oxygen atoms in total. The van der Waals surface area contributed by atoms with Crippen molar-refractivity contribution in [3.05, 3.63) is 77.9 Å². The van der Waals surface area contributed by atoms with Gasteiger partial charge in [-0.1, -0.05) is 12.1 Å². The highest BCUT2D eigenvalue weighted by atomic mass is 16.2. The van der Waals surface area contributed by atoms with Gasteiger partial charge in [-0.25, -0.2) is 9.78 Å². The first-order valence-corrected chi connectivity index (χ1v) is 11.6. The van der Waals surface area contributed by atoms with E-state index in [9.17, 15) is 4.79 Å². The van der Waals surface area contributed by atoms with Gasteiger partial charge in [-0.15, -0.1) is 0 Å². The summed E-state index contributed by atoms with van der Waals surface area (Å²) in [4.78, 5) is 23.7. The molecule has 2 N–H and O–H groups in total. The molecule has 0 spiro atoms. The van der Waals surface area contributed by atoms with Gasteiger partial charge in [0.1, 0.15) is 13.7 Å². The fourth-order valence-corrected chi connectivity index (χ4v) is 4.37. The fraction of sp³-hybridized carbons (Fsp3) is 0.240. The summed E-state index contributed by atoms with van der Waals surface area (Å²) in [5, 5.41) is 20.0. The largest absolute Gasteiger partial charge is 0.366 e. The SMILES string of the molecule is Bc1cnn2c(NCc3cccnc3)cc(C3CCN(C(=O)Nc4cccc(C#N)c4)CC3)nc12. The number of hydrogen-bond acceptors (Lipinski definition) is 6. The summed E-state index contributed by atoms with van der Waals surface area (Å²) in [6.07, 6.45) is 7.08. The van der Waals surface area contributed by atoms with Crippen LogP contribution in [0.4, 0.5) is 16.3 Å². The van der Waals surface area contributed by atoms with Crippen molar-refractivity contribution in [2.75, 3.05) is 23.7 Å². The molecule has 0 unspecified atom stereocenters. The number of amides is 2. The van der Waals surface area contributed by atoms with Crippen LogP contribution in [0.1, 0.15) is 35.6 Å². The van der Waals surface area contributed by atoms with Gasteiger partial charge in [0.15, 0.2) is 5.65 Å². The average Bonchev–Trinajstić information content (AvgIpc) is 3.28. The number of carbonyl (C=O) groups is 1. The maximum Gasteiger partial charge on any atom is 0.321 e. The van der Waals surface area contributed by atoms with Crippen molar-refractivity contribution < 1.29 is 4.79 Å². The number of urea groups is 1. The number of hydrogen-bond donors (Lipinski definition) is 2. The molecular formula is C25H25BN8O. The molecule has 5 rings (SSSR count). The number of nitriles is 1. The van der Waals surface area contributed by atoms with E-state index in [2.05, 4.69) is 32.9 Å². The Labute approximate surface area is 204 Å². The van der Waals surface area contributed by atoms with Gasteiger partial charge in [-0.3, -0.25) is 4.98 Å². The van der Waals surface area contributed by atoms with Gasteiger partial charge in [0.25, 0.3) is 0 Å². The van der Waals surface area contributed by atoms with Crippen molar-refractivity contribution in [2.24, 2.45) is 0 Å². The number of benzene rings is 1. The summed E-state index contributed by atoms with van der Waals surface area (Å²) in [6, 6.07) is 14.9. The summed E-state index contributed by atoms with van der Waals surface area (Å²) < 4.78 is 1.84. The second kappa shape index (κ2) is 9.85. The van der Waals surface area contributed by atoms with E-state index in [-0.39, 0.29) is 11.9 Å². The molecule has 1 saturated heterocycles. The van der Waals surface area contributed by atoms with Gasteiger partial charge in [-0.05, 0) is 48.1 Å². The standard InChI is InChI=1S/C25H25BN8O/c26-21-16-30-34-23(29-15-18-4-2-8-28-14-18)12-22(32-24(21)34)19-6-9-33(10-7-19)25(35)31-20-5-1-3-17(11-20)13-27/h1-5,8,11-12,14,16,19,29H,6-7,9-10,15,26H2,(H,31,35). The van der Waals surface area contributed by atoms with Crippen molar-refractivity contribution in [1.82, 2.24) is 24.5 Å². The highest BCUT2D eigenvalue weighted by Crippen LogP contribution is 2.29. The molecule has 1 aliphatic heterocycles. The number of carbonyl (C=O) groups excluding carboxylic acids is 1. The Morgan fingerprint density at radius 2 is 2.03 bits per heavy atom. The molecule has 3 aromatic heterocycles. The summed E-state index contributed by atoms with van der Waals surface area (Å²) in [5.74, 6) is 1.14. The van der Waals surface area contributed by atoms with Crippen LogP contribution < -0.4 is 16.1 Å². The number of likely N-dealkylation sites (tertiary alicyclic amines) is 1. The normalized spacial score (nSPS) is 14.0. The summed E-state index contributed by atoms with van der Waals surface area (Å²) in [5.41, 5.74) is 5.11. The molecule has 0 saturated carbocycles. The number of piperidine rings is 1. The molecule has 1 fully saturated rings. The molecular weight excluding hydrogens is 439 g/mol. The minimum Gasteiger partial charge on any atom is -0.366 e. The number of anilines is 2. The van der Waals surface area contributed by atoms with Crippen LogP contribution in [-0.4, -0.2) is 51.4 Å². The molecule has 4 heterocycles. The van der Waals surface area contributed by atoms with Crippen molar-refractivity contribution in [3.63, 3.8) is 0 Å². The van der Waals surface area contributed by atoms with E-state index in [1.807, 2.05) is 41.8 Å². The first-order valence-electron chi connectivity index (χ1n) is 11.6. The van der Waals surface area contributed by atoms with Crippen LogP contribution in [-0.2, 0) is 6.54 Å². The van der Waals surface area contributed by atoms with Gasteiger partial charge in [-0.2, -0.15) is 14.9 Å². The van der Waals surface area contributed by atoms with E-state index < -0.39 is 0 Å². The number of aromatic nitrogens is 4. The lowest BCUT2D eigenvalue weighted by atomic mass is 9.93. The lowest BCUT2D eigenvalue weighted by Crippen LogP contribution is -2.40. The number of nitrogens with zero attached hydrogens (tertiary/aromatic N) is 6. The Kier molecular flexibility index (Phi) is 6.31. The smallest absolute Gasteiger partial charge is 0.321 e. The maximum atomic E-state index is 12.8. The van der Waals surface area contributed by atoms with Crippen molar-refractivity contribution >= 4 is 36.5 Å². The summed E-state index contributed by atoms with van der Waals surface area (Å²) >= 11 is 0. The number of rotatable bonds is 5. The predicted octanol–water partition coefficient (Wildman–Crippen LogP) is 2.28. The molecule has 0 bridgehead atoms. The third kappa shape index (κ3) is 4.94. The fourth-order valence-electron chi connectivity index (χ4n) is 4.37. The molecule has 0 atom stereocenters. The third-order valence-corrected chi connectivity index (χ3v) is 6.31. The first kappa shape index (κ1) is 22.4. The molecule has 4 aromatic rings. The average molecular weight is 464 g/mol. The zero-order valence-corrected chi connectivity index (χ0v) is 19.5. The number of nitrogens with one attached hydrogen (secondary N) is 2. The van der Waals surface area contributed by atoms with E-state index >= 15 is 0 Å². The molecule has 2 amide bonds. The number of fused-ring (bicyclic) bond motifs is 1. The maximum absolute atomic E-state index is 12.8. The molecule has 35 heavy (non-hydrogen) atoms. The molecule has 1 aliphatic rings. The Bertz CT molecular complexity index is 1390. The van der Waals surface area contributed by atoms with E-state index in [1.54, 1.807) is 30.5 Å². The van der Waals surface area contributed by atoms with Crippen LogP contribution in [0.2, 0.25) is 0 Å². The number of pyridine rings is 1. The van der Waals surface area contributed by atoms with Crippen molar-refractivity contribution in [2.45, 2.75) is 25.3 Å².